The quantitative estimate of drug-likeness (QED) is 0.708. The zero-order valence-electron chi connectivity index (χ0n) is 9.78. The number of carbonyl (C=O) groups excluding carboxylic acids is 1. The van der Waals surface area contributed by atoms with Gasteiger partial charge >= 0.3 is 0 Å². The molecule has 0 aromatic heterocycles. The Labute approximate surface area is 92.0 Å². The zero-order valence-corrected chi connectivity index (χ0v) is 9.78. The molecule has 1 fully saturated rings. The van der Waals surface area contributed by atoms with Crippen molar-refractivity contribution in [3.05, 3.63) is 0 Å². The van der Waals surface area contributed by atoms with Crippen molar-refractivity contribution in [3.63, 3.8) is 0 Å². The first-order chi connectivity index (χ1) is 7.04. The molecule has 0 aromatic carbocycles. The minimum absolute atomic E-state index is 0.0599. The molecule has 1 heterocycles. The SMILES string of the molecule is CC(N)CC(=O)N1CCC(C)CC1CN. The van der Waals surface area contributed by atoms with E-state index >= 15 is 0 Å². The largest absolute Gasteiger partial charge is 0.338 e. The smallest absolute Gasteiger partial charge is 0.224 e. The van der Waals surface area contributed by atoms with Crippen LogP contribution in [-0.4, -0.2) is 36.0 Å². The van der Waals surface area contributed by atoms with E-state index in [1.807, 2.05) is 11.8 Å². The number of rotatable bonds is 3. The second-order valence-electron chi connectivity index (χ2n) is 4.79. The lowest BCUT2D eigenvalue weighted by Gasteiger charge is -2.38. The molecule has 1 aliphatic rings. The van der Waals surface area contributed by atoms with Crippen LogP contribution in [0.1, 0.15) is 33.1 Å². The summed E-state index contributed by atoms with van der Waals surface area (Å²) in [6.07, 6.45) is 2.55. The standard InChI is InChI=1S/C11H23N3O/c1-8-3-4-14(10(5-8)7-12)11(15)6-9(2)13/h8-10H,3-7,12-13H2,1-2H3. The number of carbonyl (C=O) groups is 1. The van der Waals surface area contributed by atoms with Gasteiger partial charge in [0.05, 0.1) is 0 Å². The van der Waals surface area contributed by atoms with E-state index in [0.717, 1.165) is 19.4 Å². The number of likely N-dealkylation sites (tertiary alicyclic amines) is 1. The molecule has 88 valence electrons. The van der Waals surface area contributed by atoms with E-state index in [9.17, 15) is 4.79 Å². The first-order valence-corrected chi connectivity index (χ1v) is 5.79. The minimum atomic E-state index is -0.0599. The van der Waals surface area contributed by atoms with Crippen molar-refractivity contribution in [3.8, 4) is 0 Å². The van der Waals surface area contributed by atoms with Crippen molar-refractivity contribution < 1.29 is 4.79 Å². The highest BCUT2D eigenvalue weighted by atomic mass is 16.2. The molecule has 15 heavy (non-hydrogen) atoms. The number of piperidine rings is 1. The molecule has 1 saturated heterocycles. The highest BCUT2D eigenvalue weighted by Crippen LogP contribution is 2.22. The fraction of sp³-hybridized carbons (Fsp3) is 0.909. The molecule has 0 saturated carbocycles. The van der Waals surface area contributed by atoms with Gasteiger partial charge in [0.25, 0.3) is 0 Å². The first kappa shape index (κ1) is 12.5. The molecule has 0 aliphatic carbocycles. The van der Waals surface area contributed by atoms with Crippen LogP contribution in [0.2, 0.25) is 0 Å². The summed E-state index contributed by atoms with van der Waals surface area (Å²) in [4.78, 5) is 13.8. The highest BCUT2D eigenvalue weighted by Gasteiger charge is 2.28. The van der Waals surface area contributed by atoms with Crippen molar-refractivity contribution >= 4 is 5.91 Å². The Morgan fingerprint density at radius 3 is 2.80 bits per heavy atom. The summed E-state index contributed by atoms with van der Waals surface area (Å²) in [6, 6.07) is 0.162. The maximum Gasteiger partial charge on any atom is 0.224 e. The molecule has 1 amide bonds. The van der Waals surface area contributed by atoms with Gasteiger partial charge in [0.15, 0.2) is 0 Å². The van der Waals surface area contributed by atoms with Gasteiger partial charge in [0, 0.05) is 31.6 Å². The lowest BCUT2D eigenvalue weighted by molar-refractivity contribution is -0.135. The molecule has 4 nitrogen and oxygen atoms in total. The molecule has 4 heteroatoms. The lowest BCUT2D eigenvalue weighted by atomic mass is 9.92. The van der Waals surface area contributed by atoms with Gasteiger partial charge in [-0.05, 0) is 25.7 Å². The Bertz CT molecular complexity index is 218. The van der Waals surface area contributed by atoms with E-state index in [4.69, 9.17) is 11.5 Å². The number of nitrogens with two attached hydrogens (primary N) is 2. The zero-order chi connectivity index (χ0) is 11.4. The average molecular weight is 213 g/mol. The molecule has 3 unspecified atom stereocenters. The van der Waals surface area contributed by atoms with E-state index in [0.29, 0.717) is 18.9 Å². The molecule has 3 atom stereocenters. The van der Waals surface area contributed by atoms with Crippen LogP contribution in [0.3, 0.4) is 0 Å². The Kier molecular flexibility index (Phi) is 4.54. The third-order valence-corrected chi connectivity index (χ3v) is 3.07. The van der Waals surface area contributed by atoms with Crippen molar-refractivity contribution in [1.29, 1.82) is 0 Å². The normalized spacial score (nSPS) is 28.9. The van der Waals surface area contributed by atoms with E-state index in [2.05, 4.69) is 6.92 Å². The highest BCUT2D eigenvalue weighted by molar-refractivity contribution is 5.77. The van der Waals surface area contributed by atoms with Crippen LogP contribution in [0.5, 0.6) is 0 Å². The summed E-state index contributed by atoms with van der Waals surface area (Å²) < 4.78 is 0. The number of amides is 1. The summed E-state index contributed by atoms with van der Waals surface area (Å²) in [6.45, 7) is 5.49. The number of hydrogen-bond acceptors (Lipinski definition) is 3. The average Bonchev–Trinajstić information content (AvgIpc) is 2.16. The lowest BCUT2D eigenvalue weighted by Crippen LogP contribution is -2.50. The summed E-state index contributed by atoms with van der Waals surface area (Å²) >= 11 is 0. The van der Waals surface area contributed by atoms with Gasteiger partial charge < -0.3 is 16.4 Å². The van der Waals surface area contributed by atoms with Crippen molar-refractivity contribution in [2.45, 2.75) is 45.2 Å². The Morgan fingerprint density at radius 2 is 2.27 bits per heavy atom. The van der Waals surface area contributed by atoms with Crippen molar-refractivity contribution in [1.82, 2.24) is 4.90 Å². The molecule has 0 spiro atoms. The fourth-order valence-electron chi connectivity index (χ4n) is 2.20. The summed E-state index contributed by atoms with van der Waals surface area (Å²) in [5.41, 5.74) is 11.3. The van der Waals surface area contributed by atoms with E-state index in [-0.39, 0.29) is 18.0 Å². The van der Waals surface area contributed by atoms with Crippen LogP contribution in [0.15, 0.2) is 0 Å². The van der Waals surface area contributed by atoms with Gasteiger partial charge in [-0.15, -0.1) is 0 Å². The maximum atomic E-state index is 11.9. The molecule has 0 bridgehead atoms. The number of hydrogen-bond donors (Lipinski definition) is 2. The van der Waals surface area contributed by atoms with E-state index < -0.39 is 0 Å². The summed E-state index contributed by atoms with van der Waals surface area (Å²) in [5, 5.41) is 0. The van der Waals surface area contributed by atoms with Crippen LogP contribution in [-0.2, 0) is 4.79 Å². The molecule has 1 aliphatic heterocycles. The predicted octanol–water partition coefficient (Wildman–Crippen LogP) is 0.310. The van der Waals surface area contributed by atoms with Gasteiger partial charge in [-0.1, -0.05) is 6.92 Å². The number of nitrogens with zero attached hydrogens (tertiary/aromatic N) is 1. The Morgan fingerprint density at radius 1 is 1.60 bits per heavy atom. The topological polar surface area (TPSA) is 72.4 Å². The molecule has 0 aromatic rings. The van der Waals surface area contributed by atoms with Crippen molar-refractivity contribution in [2.24, 2.45) is 17.4 Å². The van der Waals surface area contributed by atoms with Crippen molar-refractivity contribution in [2.75, 3.05) is 13.1 Å². The monoisotopic (exact) mass is 213 g/mol. The Balaban J connectivity index is 2.55. The van der Waals surface area contributed by atoms with E-state index in [1.54, 1.807) is 0 Å². The summed E-state index contributed by atoms with van der Waals surface area (Å²) in [5.74, 6) is 0.838. The van der Waals surface area contributed by atoms with Gasteiger partial charge in [-0.25, -0.2) is 0 Å². The van der Waals surface area contributed by atoms with Gasteiger partial charge in [-0.2, -0.15) is 0 Å². The second-order valence-corrected chi connectivity index (χ2v) is 4.79. The third-order valence-electron chi connectivity index (χ3n) is 3.07. The van der Waals surface area contributed by atoms with Crippen LogP contribution >= 0.6 is 0 Å². The first-order valence-electron chi connectivity index (χ1n) is 5.79. The van der Waals surface area contributed by atoms with Gasteiger partial charge in [0.1, 0.15) is 0 Å². The molecular weight excluding hydrogens is 190 g/mol. The fourth-order valence-corrected chi connectivity index (χ4v) is 2.20. The minimum Gasteiger partial charge on any atom is -0.338 e. The Hall–Kier alpha value is -0.610. The molecule has 1 rings (SSSR count). The van der Waals surface area contributed by atoms with Crippen LogP contribution in [0, 0.1) is 5.92 Å². The molecule has 0 radical (unpaired) electrons. The van der Waals surface area contributed by atoms with Gasteiger partial charge in [-0.3, -0.25) is 4.79 Å². The molecule has 4 N–H and O–H groups in total. The van der Waals surface area contributed by atoms with Crippen LogP contribution < -0.4 is 11.5 Å². The predicted molar refractivity (Wildman–Crippen MR) is 61.2 cm³/mol. The molecular formula is C11H23N3O. The second kappa shape index (κ2) is 5.47. The third kappa shape index (κ3) is 3.47. The maximum absolute atomic E-state index is 11.9. The van der Waals surface area contributed by atoms with E-state index in [1.165, 1.54) is 0 Å². The van der Waals surface area contributed by atoms with Crippen LogP contribution in [0.25, 0.3) is 0 Å². The van der Waals surface area contributed by atoms with Gasteiger partial charge in [0.2, 0.25) is 5.91 Å². The summed E-state index contributed by atoms with van der Waals surface area (Å²) in [7, 11) is 0. The van der Waals surface area contributed by atoms with Crippen LogP contribution in [0.4, 0.5) is 0 Å².